The van der Waals surface area contributed by atoms with Crippen molar-refractivity contribution < 1.29 is 5.11 Å². The molecule has 0 saturated carbocycles. The van der Waals surface area contributed by atoms with Gasteiger partial charge >= 0.3 is 0 Å². The fraction of sp³-hybridized carbons (Fsp3) is 0.444. The Kier molecular flexibility index (Phi) is 8.80. The van der Waals surface area contributed by atoms with Crippen LogP contribution < -0.4 is 0 Å². The molecule has 0 spiro atoms. The van der Waals surface area contributed by atoms with Crippen LogP contribution in [0.3, 0.4) is 0 Å². The zero-order valence-electron chi connectivity index (χ0n) is 14.0. The standard InChI is InChI=1S/C14H14N2O.2C2H6/c1-3-10-7-11(4-2)16-14-12(10)5-9(8-15)6-13(14)17;2*1-2/h5-7,17H,3-4H2,1-2H3;2*1-2H3. The Labute approximate surface area is 128 Å². The summed E-state index contributed by atoms with van der Waals surface area (Å²) >= 11 is 0. The Hall–Kier alpha value is -2.08. The van der Waals surface area contributed by atoms with Crippen LogP contribution in [-0.2, 0) is 12.8 Å². The van der Waals surface area contributed by atoms with Crippen LogP contribution in [0, 0.1) is 11.3 Å². The van der Waals surface area contributed by atoms with Crippen LogP contribution in [-0.4, -0.2) is 10.1 Å². The first-order valence-electron chi connectivity index (χ1n) is 7.75. The number of rotatable bonds is 2. The molecule has 0 amide bonds. The normalized spacial score (nSPS) is 9.00. The Bertz CT molecular complexity index is 613. The van der Waals surface area contributed by atoms with E-state index in [2.05, 4.69) is 18.0 Å². The lowest BCUT2D eigenvalue weighted by Gasteiger charge is -2.08. The molecule has 0 atom stereocenters. The van der Waals surface area contributed by atoms with Crippen molar-refractivity contribution in [2.75, 3.05) is 0 Å². The summed E-state index contributed by atoms with van der Waals surface area (Å²) in [7, 11) is 0. The van der Waals surface area contributed by atoms with Crippen molar-refractivity contribution in [3.63, 3.8) is 0 Å². The number of aryl methyl sites for hydroxylation is 2. The second kappa shape index (κ2) is 9.77. The largest absolute Gasteiger partial charge is 0.506 e. The summed E-state index contributed by atoms with van der Waals surface area (Å²) in [5.74, 6) is 0.0871. The van der Waals surface area contributed by atoms with Crippen molar-refractivity contribution in [3.8, 4) is 11.8 Å². The van der Waals surface area contributed by atoms with Crippen LogP contribution in [0.15, 0.2) is 18.2 Å². The van der Waals surface area contributed by atoms with Gasteiger partial charge in [0.25, 0.3) is 0 Å². The van der Waals surface area contributed by atoms with E-state index in [1.165, 1.54) is 6.07 Å². The molecule has 3 nitrogen and oxygen atoms in total. The van der Waals surface area contributed by atoms with Gasteiger partial charge < -0.3 is 5.11 Å². The highest BCUT2D eigenvalue weighted by Crippen LogP contribution is 2.28. The number of pyridine rings is 1. The number of nitrogens with zero attached hydrogens (tertiary/aromatic N) is 2. The van der Waals surface area contributed by atoms with Crippen molar-refractivity contribution in [2.45, 2.75) is 54.4 Å². The Balaban J connectivity index is 0.000000921. The van der Waals surface area contributed by atoms with Gasteiger partial charge in [0, 0.05) is 11.1 Å². The number of benzene rings is 1. The zero-order valence-corrected chi connectivity index (χ0v) is 14.0. The van der Waals surface area contributed by atoms with Gasteiger partial charge in [-0.1, -0.05) is 41.5 Å². The smallest absolute Gasteiger partial charge is 0.143 e. The number of phenolic OH excluding ortho intramolecular Hbond substituents is 1. The first-order valence-corrected chi connectivity index (χ1v) is 7.75. The molecule has 3 heteroatoms. The third-order valence-corrected chi connectivity index (χ3v) is 2.90. The number of nitriles is 1. The van der Waals surface area contributed by atoms with Gasteiger partial charge in [-0.2, -0.15) is 5.26 Å². The molecule has 114 valence electrons. The number of fused-ring (bicyclic) bond motifs is 1. The first-order chi connectivity index (χ1) is 10.2. The number of aromatic nitrogens is 1. The fourth-order valence-corrected chi connectivity index (χ4v) is 1.97. The van der Waals surface area contributed by atoms with Crippen LogP contribution in [0.1, 0.15) is 58.4 Å². The highest BCUT2D eigenvalue weighted by molar-refractivity contribution is 5.88. The number of aromatic hydroxyl groups is 1. The van der Waals surface area contributed by atoms with E-state index in [1.54, 1.807) is 6.07 Å². The monoisotopic (exact) mass is 286 g/mol. The van der Waals surface area contributed by atoms with Gasteiger partial charge in [0.15, 0.2) is 0 Å². The van der Waals surface area contributed by atoms with Crippen molar-refractivity contribution in [1.29, 1.82) is 5.26 Å². The van der Waals surface area contributed by atoms with Gasteiger partial charge in [-0.25, -0.2) is 4.98 Å². The number of phenols is 1. The Morgan fingerprint density at radius 2 is 1.67 bits per heavy atom. The SMILES string of the molecule is CC.CC.CCc1cc(CC)c2cc(C#N)cc(O)c2n1. The van der Waals surface area contributed by atoms with Gasteiger partial charge in [0.1, 0.15) is 11.3 Å². The summed E-state index contributed by atoms with van der Waals surface area (Å²) in [6.07, 6.45) is 1.70. The van der Waals surface area contributed by atoms with E-state index in [0.29, 0.717) is 11.1 Å². The molecule has 0 fully saturated rings. The minimum atomic E-state index is 0.0871. The highest BCUT2D eigenvalue weighted by atomic mass is 16.3. The van der Waals surface area contributed by atoms with Crippen molar-refractivity contribution in [3.05, 3.63) is 35.0 Å². The van der Waals surface area contributed by atoms with E-state index in [4.69, 9.17) is 5.26 Å². The summed E-state index contributed by atoms with van der Waals surface area (Å²) in [6.45, 7) is 12.1. The highest BCUT2D eigenvalue weighted by Gasteiger charge is 2.09. The number of hydrogen-bond acceptors (Lipinski definition) is 3. The van der Waals surface area contributed by atoms with Gasteiger partial charge in [-0.15, -0.1) is 0 Å². The van der Waals surface area contributed by atoms with Crippen LogP contribution in [0.2, 0.25) is 0 Å². The molecular weight excluding hydrogens is 260 g/mol. The molecule has 2 rings (SSSR count). The molecule has 1 aromatic heterocycles. The van der Waals surface area contributed by atoms with Crippen LogP contribution >= 0.6 is 0 Å². The van der Waals surface area contributed by atoms with E-state index in [1.807, 2.05) is 40.7 Å². The third kappa shape index (κ3) is 4.46. The van der Waals surface area contributed by atoms with E-state index in [-0.39, 0.29) is 5.75 Å². The van der Waals surface area contributed by atoms with E-state index >= 15 is 0 Å². The second-order valence-electron chi connectivity index (χ2n) is 3.98. The quantitative estimate of drug-likeness (QED) is 0.846. The maximum atomic E-state index is 9.91. The molecule has 0 radical (unpaired) electrons. The van der Waals surface area contributed by atoms with E-state index < -0.39 is 0 Å². The summed E-state index contributed by atoms with van der Waals surface area (Å²) in [4.78, 5) is 4.42. The van der Waals surface area contributed by atoms with Crippen LogP contribution in [0.25, 0.3) is 10.9 Å². The topological polar surface area (TPSA) is 56.9 Å². The van der Waals surface area contributed by atoms with Gasteiger partial charge in [-0.3, -0.25) is 0 Å². The lowest BCUT2D eigenvalue weighted by atomic mass is 10.0. The van der Waals surface area contributed by atoms with Crippen LogP contribution in [0.5, 0.6) is 5.75 Å². The summed E-state index contributed by atoms with van der Waals surface area (Å²) in [6, 6.07) is 7.36. The summed E-state index contributed by atoms with van der Waals surface area (Å²) < 4.78 is 0. The average molecular weight is 286 g/mol. The Morgan fingerprint density at radius 3 is 2.14 bits per heavy atom. The molecule has 2 aromatic rings. The van der Waals surface area contributed by atoms with Gasteiger partial charge in [0.05, 0.1) is 11.6 Å². The van der Waals surface area contributed by atoms with Crippen molar-refractivity contribution in [1.82, 2.24) is 4.98 Å². The average Bonchev–Trinajstić information content (AvgIpc) is 2.57. The van der Waals surface area contributed by atoms with E-state index in [0.717, 1.165) is 29.5 Å². The molecule has 0 aliphatic rings. The maximum absolute atomic E-state index is 9.91. The molecule has 1 heterocycles. The molecule has 0 aliphatic heterocycles. The van der Waals surface area contributed by atoms with E-state index in [9.17, 15) is 5.11 Å². The molecule has 0 saturated heterocycles. The molecule has 0 bridgehead atoms. The van der Waals surface area contributed by atoms with Gasteiger partial charge in [-0.05, 0) is 36.6 Å². The molecule has 0 unspecified atom stereocenters. The molecule has 21 heavy (non-hydrogen) atoms. The predicted octanol–water partition coefficient (Wildman–Crippen LogP) is 4.99. The summed E-state index contributed by atoms with van der Waals surface area (Å²) in [5, 5.41) is 19.7. The molecule has 1 aromatic carbocycles. The number of hydrogen-bond donors (Lipinski definition) is 1. The fourth-order valence-electron chi connectivity index (χ4n) is 1.97. The lowest BCUT2D eigenvalue weighted by molar-refractivity contribution is 0.480. The summed E-state index contributed by atoms with van der Waals surface area (Å²) in [5.41, 5.74) is 3.16. The Morgan fingerprint density at radius 1 is 1.05 bits per heavy atom. The predicted molar refractivity (Wildman–Crippen MR) is 89.6 cm³/mol. The first kappa shape index (κ1) is 18.9. The van der Waals surface area contributed by atoms with Crippen molar-refractivity contribution >= 4 is 10.9 Å². The minimum absolute atomic E-state index is 0.0871. The minimum Gasteiger partial charge on any atom is -0.506 e. The molecular formula is C18H26N2O. The molecule has 1 N–H and O–H groups in total. The maximum Gasteiger partial charge on any atom is 0.143 e. The zero-order chi connectivity index (χ0) is 16.4. The van der Waals surface area contributed by atoms with Crippen molar-refractivity contribution in [2.24, 2.45) is 0 Å². The lowest BCUT2D eigenvalue weighted by Crippen LogP contribution is -1.94. The molecule has 0 aliphatic carbocycles. The van der Waals surface area contributed by atoms with Crippen LogP contribution in [0.4, 0.5) is 0 Å². The van der Waals surface area contributed by atoms with Gasteiger partial charge in [0.2, 0.25) is 0 Å². The third-order valence-electron chi connectivity index (χ3n) is 2.90. The second-order valence-corrected chi connectivity index (χ2v) is 3.98.